The Kier molecular flexibility index (Phi) is 5.47. The number of anilines is 1. The summed E-state index contributed by atoms with van der Waals surface area (Å²) >= 11 is 0. The molecule has 5 nitrogen and oxygen atoms in total. The van der Waals surface area contributed by atoms with Crippen LogP contribution in [-0.4, -0.2) is 23.5 Å². The van der Waals surface area contributed by atoms with Gasteiger partial charge in [-0.25, -0.2) is 0 Å². The molecule has 2 aromatic carbocycles. The van der Waals surface area contributed by atoms with E-state index in [1.807, 2.05) is 19.1 Å². The highest BCUT2D eigenvalue weighted by atomic mass is 16.3. The molecule has 0 saturated carbocycles. The molecule has 0 spiro atoms. The van der Waals surface area contributed by atoms with Crippen molar-refractivity contribution in [3.63, 3.8) is 0 Å². The summed E-state index contributed by atoms with van der Waals surface area (Å²) in [5.41, 5.74) is 2.86. The Hall–Kier alpha value is -2.82. The van der Waals surface area contributed by atoms with E-state index in [-0.39, 0.29) is 23.6 Å². The van der Waals surface area contributed by atoms with Gasteiger partial charge in [0.15, 0.2) is 0 Å². The number of nitrogens with one attached hydrogen (secondary N) is 2. The first-order valence-electron chi connectivity index (χ1n) is 8.15. The molecule has 0 aliphatic heterocycles. The average Bonchev–Trinajstić information content (AvgIpc) is 2.54. The van der Waals surface area contributed by atoms with E-state index in [9.17, 15) is 14.7 Å². The van der Waals surface area contributed by atoms with Crippen molar-refractivity contribution in [3.8, 4) is 5.75 Å². The van der Waals surface area contributed by atoms with Crippen LogP contribution in [0, 0.1) is 6.92 Å². The number of hydrogen-bond donors (Lipinski definition) is 3. The molecule has 0 aromatic heterocycles. The minimum Gasteiger partial charge on any atom is -0.506 e. The first-order chi connectivity index (χ1) is 11.7. The number of aryl methyl sites for hydroxylation is 1. The van der Waals surface area contributed by atoms with Crippen LogP contribution in [-0.2, 0) is 10.2 Å². The zero-order chi connectivity index (χ0) is 18.6. The van der Waals surface area contributed by atoms with Crippen LogP contribution in [0.4, 0.5) is 5.69 Å². The van der Waals surface area contributed by atoms with Crippen LogP contribution < -0.4 is 10.6 Å². The fourth-order valence-electron chi connectivity index (χ4n) is 2.33. The lowest BCUT2D eigenvalue weighted by atomic mass is 9.87. The summed E-state index contributed by atoms with van der Waals surface area (Å²) in [6, 6.07) is 12.3. The van der Waals surface area contributed by atoms with Crippen LogP contribution in [0.5, 0.6) is 5.75 Å². The maximum absolute atomic E-state index is 12.1. The monoisotopic (exact) mass is 340 g/mol. The lowest BCUT2D eigenvalue weighted by molar-refractivity contribution is -0.115. The SMILES string of the molecule is Cc1ccc(NC(=O)CNC(=O)c2ccc(C(C)(C)C)cc2)c(O)c1. The van der Waals surface area contributed by atoms with Crippen molar-refractivity contribution in [1.82, 2.24) is 5.32 Å². The highest BCUT2D eigenvalue weighted by Gasteiger charge is 2.15. The molecule has 0 radical (unpaired) electrons. The van der Waals surface area contributed by atoms with E-state index in [4.69, 9.17) is 0 Å². The van der Waals surface area contributed by atoms with Gasteiger partial charge < -0.3 is 15.7 Å². The molecular formula is C20H24N2O3. The minimum atomic E-state index is -0.404. The second-order valence-corrected chi connectivity index (χ2v) is 7.08. The number of phenols is 1. The summed E-state index contributed by atoms with van der Waals surface area (Å²) in [6.07, 6.45) is 0. The average molecular weight is 340 g/mol. The number of rotatable bonds is 4. The smallest absolute Gasteiger partial charge is 0.251 e. The van der Waals surface area contributed by atoms with Gasteiger partial charge >= 0.3 is 0 Å². The molecule has 0 fully saturated rings. The molecule has 0 heterocycles. The van der Waals surface area contributed by atoms with Crippen molar-refractivity contribution >= 4 is 17.5 Å². The highest BCUT2D eigenvalue weighted by molar-refractivity contribution is 5.99. The molecule has 2 aromatic rings. The molecule has 5 heteroatoms. The van der Waals surface area contributed by atoms with Crippen molar-refractivity contribution in [2.24, 2.45) is 0 Å². The van der Waals surface area contributed by atoms with E-state index in [1.54, 1.807) is 30.3 Å². The number of phenolic OH excluding ortho intramolecular Hbond substituents is 1. The van der Waals surface area contributed by atoms with E-state index >= 15 is 0 Å². The molecule has 2 amide bonds. The first-order valence-corrected chi connectivity index (χ1v) is 8.15. The second kappa shape index (κ2) is 7.38. The Morgan fingerprint density at radius 1 is 1.04 bits per heavy atom. The number of amides is 2. The van der Waals surface area contributed by atoms with E-state index in [0.29, 0.717) is 11.3 Å². The van der Waals surface area contributed by atoms with Crippen molar-refractivity contribution in [3.05, 3.63) is 59.2 Å². The van der Waals surface area contributed by atoms with Gasteiger partial charge in [-0.05, 0) is 47.7 Å². The Labute approximate surface area is 148 Å². The van der Waals surface area contributed by atoms with Gasteiger partial charge in [0.1, 0.15) is 5.75 Å². The molecule has 0 aliphatic carbocycles. The van der Waals surface area contributed by atoms with Gasteiger partial charge in [-0.3, -0.25) is 9.59 Å². The molecule has 0 unspecified atom stereocenters. The zero-order valence-corrected chi connectivity index (χ0v) is 15.0. The third-order valence-corrected chi connectivity index (χ3v) is 3.85. The molecule has 132 valence electrons. The van der Waals surface area contributed by atoms with E-state index in [0.717, 1.165) is 11.1 Å². The molecule has 0 saturated heterocycles. The van der Waals surface area contributed by atoms with Gasteiger partial charge in [0.25, 0.3) is 5.91 Å². The van der Waals surface area contributed by atoms with Crippen LogP contribution in [0.1, 0.15) is 42.3 Å². The molecule has 2 rings (SSSR count). The summed E-state index contributed by atoms with van der Waals surface area (Å²) < 4.78 is 0. The molecule has 0 aliphatic rings. The number of aromatic hydroxyl groups is 1. The van der Waals surface area contributed by atoms with Crippen molar-refractivity contribution < 1.29 is 14.7 Å². The van der Waals surface area contributed by atoms with Crippen LogP contribution in [0.3, 0.4) is 0 Å². The molecule has 0 bridgehead atoms. The minimum absolute atomic E-state index is 0.00237. The molecule has 0 atom stereocenters. The van der Waals surface area contributed by atoms with E-state index in [1.165, 1.54) is 0 Å². The summed E-state index contributed by atoms with van der Waals surface area (Å²) in [7, 11) is 0. The maximum Gasteiger partial charge on any atom is 0.251 e. The number of carbonyl (C=O) groups is 2. The molecule has 25 heavy (non-hydrogen) atoms. The fraction of sp³-hybridized carbons (Fsp3) is 0.300. The maximum atomic E-state index is 12.1. The lowest BCUT2D eigenvalue weighted by Crippen LogP contribution is -2.32. The van der Waals surface area contributed by atoms with Crippen LogP contribution in [0.25, 0.3) is 0 Å². The Morgan fingerprint density at radius 2 is 1.68 bits per heavy atom. The normalized spacial score (nSPS) is 11.0. The third kappa shape index (κ3) is 5.08. The van der Waals surface area contributed by atoms with Gasteiger partial charge in [-0.15, -0.1) is 0 Å². The number of hydrogen-bond acceptors (Lipinski definition) is 3. The third-order valence-electron chi connectivity index (χ3n) is 3.85. The Balaban J connectivity index is 1.92. The van der Waals surface area contributed by atoms with E-state index < -0.39 is 5.91 Å². The fourth-order valence-corrected chi connectivity index (χ4v) is 2.33. The predicted octanol–water partition coefficient (Wildman–Crippen LogP) is 3.37. The topological polar surface area (TPSA) is 78.4 Å². The highest BCUT2D eigenvalue weighted by Crippen LogP contribution is 2.24. The number of benzene rings is 2. The molecule has 3 N–H and O–H groups in total. The van der Waals surface area contributed by atoms with Crippen LogP contribution >= 0.6 is 0 Å². The van der Waals surface area contributed by atoms with E-state index in [2.05, 4.69) is 31.4 Å². The van der Waals surface area contributed by atoms with Crippen LogP contribution in [0.2, 0.25) is 0 Å². The summed E-state index contributed by atoms with van der Waals surface area (Å²) in [4.78, 5) is 24.1. The largest absolute Gasteiger partial charge is 0.506 e. The predicted molar refractivity (Wildman–Crippen MR) is 98.9 cm³/mol. The second-order valence-electron chi connectivity index (χ2n) is 7.08. The van der Waals surface area contributed by atoms with Gasteiger partial charge in [0.2, 0.25) is 5.91 Å². The van der Waals surface area contributed by atoms with Crippen molar-refractivity contribution in [2.75, 3.05) is 11.9 Å². The van der Waals surface area contributed by atoms with Crippen molar-refractivity contribution in [1.29, 1.82) is 0 Å². The lowest BCUT2D eigenvalue weighted by Gasteiger charge is -2.19. The summed E-state index contributed by atoms with van der Waals surface area (Å²) in [5, 5.41) is 14.9. The summed E-state index contributed by atoms with van der Waals surface area (Å²) in [6.45, 7) is 7.98. The van der Waals surface area contributed by atoms with Gasteiger partial charge in [-0.1, -0.05) is 39.0 Å². The number of carbonyl (C=O) groups excluding carboxylic acids is 2. The van der Waals surface area contributed by atoms with Gasteiger partial charge in [0, 0.05) is 5.56 Å². The zero-order valence-electron chi connectivity index (χ0n) is 15.0. The Bertz CT molecular complexity index is 775. The quantitative estimate of drug-likeness (QED) is 0.747. The van der Waals surface area contributed by atoms with Crippen molar-refractivity contribution in [2.45, 2.75) is 33.1 Å². The van der Waals surface area contributed by atoms with Gasteiger partial charge in [0.05, 0.1) is 12.2 Å². The first kappa shape index (κ1) is 18.5. The van der Waals surface area contributed by atoms with Gasteiger partial charge in [-0.2, -0.15) is 0 Å². The Morgan fingerprint density at radius 3 is 2.24 bits per heavy atom. The molecular weight excluding hydrogens is 316 g/mol. The van der Waals surface area contributed by atoms with Crippen LogP contribution in [0.15, 0.2) is 42.5 Å². The standard InChI is InChI=1S/C20H24N2O3/c1-13-5-10-16(17(23)11-13)22-18(24)12-21-19(25)14-6-8-15(9-7-14)20(2,3)4/h5-11,23H,12H2,1-4H3,(H,21,25)(H,22,24). The summed E-state index contributed by atoms with van der Waals surface area (Å²) in [5.74, 6) is -0.722.